The fraction of sp³-hybridized carbons (Fsp3) is 0.583. The Balaban J connectivity index is 2.57. The Morgan fingerprint density at radius 3 is 2.76 bits per heavy atom. The minimum absolute atomic E-state index is 0.0365. The molecule has 1 aromatic heterocycles. The maximum atomic E-state index is 12.0. The first-order valence-electron chi connectivity index (χ1n) is 5.66. The van der Waals surface area contributed by atoms with Gasteiger partial charge in [-0.2, -0.15) is 0 Å². The van der Waals surface area contributed by atoms with E-state index in [1.807, 2.05) is 12.1 Å². The number of nitrogens with zero attached hydrogens (tertiary/aromatic N) is 1. The van der Waals surface area contributed by atoms with Crippen molar-refractivity contribution in [2.24, 2.45) is 0 Å². The SMILES string of the molecule is COCCNCc1cccn(CCOC)c1=O. The van der Waals surface area contributed by atoms with E-state index in [4.69, 9.17) is 9.47 Å². The van der Waals surface area contributed by atoms with Crippen LogP contribution in [-0.2, 0) is 22.6 Å². The molecular weight excluding hydrogens is 220 g/mol. The van der Waals surface area contributed by atoms with Gasteiger partial charge in [-0.05, 0) is 6.07 Å². The Labute approximate surface area is 101 Å². The summed E-state index contributed by atoms with van der Waals surface area (Å²) < 4.78 is 11.5. The molecule has 0 aliphatic rings. The lowest BCUT2D eigenvalue weighted by atomic mass is 10.2. The average Bonchev–Trinajstić information content (AvgIpc) is 2.35. The van der Waals surface area contributed by atoms with E-state index in [1.54, 1.807) is 25.0 Å². The topological polar surface area (TPSA) is 52.5 Å². The third-order valence-electron chi connectivity index (χ3n) is 2.43. The summed E-state index contributed by atoms with van der Waals surface area (Å²) in [5.74, 6) is 0. The van der Waals surface area contributed by atoms with E-state index in [0.29, 0.717) is 26.3 Å². The smallest absolute Gasteiger partial charge is 0.255 e. The van der Waals surface area contributed by atoms with Gasteiger partial charge in [-0.3, -0.25) is 4.79 Å². The van der Waals surface area contributed by atoms with E-state index in [9.17, 15) is 4.79 Å². The van der Waals surface area contributed by atoms with Crippen molar-refractivity contribution in [1.82, 2.24) is 9.88 Å². The molecule has 5 nitrogen and oxygen atoms in total. The number of ether oxygens (including phenoxy) is 2. The largest absolute Gasteiger partial charge is 0.383 e. The Bertz CT molecular complexity index is 376. The van der Waals surface area contributed by atoms with E-state index in [1.165, 1.54) is 0 Å². The van der Waals surface area contributed by atoms with Gasteiger partial charge in [-0.1, -0.05) is 6.07 Å². The Kier molecular flexibility index (Phi) is 6.54. The first kappa shape index (κ1) is 13.9. The highest BCUT2D eigenvalue weighted by Crippen LogP contribution is 1.92. The van der Waals surface area contributed by atoms with Crippen molar-refractivity contribution in [2.45, 2.75) is 13.1 Å². The number of methoxy groups -OCH3 is 2. The number of aromatic nitrogens is 1. The summed E-state index contributed by atoms with van der Waals surface area (Å²) in [5.41, 5.74) is 0.800. The molecule has 0 aromatic carbocycles. The molecule has 0 aliphatic carbocycles. The minimum atomic E-state index is 0.0365. The quantitative estimate of drug-likeness (QED) is 0.661. The van der Waals surface area contributed by atoms with Crippen LogP contribution in [0.4, 0.5) is 0 Å². The molecule has 0 aliphatic heterocycles. The molecule has 0 fully saturated rings. The van der Waals surface area contributed by atoms with Crippen LogP contribution in [0.3, 0.4) is 0 Å². The lowest BCUT2D eigenvalue weighted by Crippen LogP contribution is -2.28. The summed E-state index contributed by atoms with van der Waals surface area (Å²) >= 11 is 0. The van der Waals surface area contributed by atoms with E-state index in [2.05, 4.69) is 5.32 Å². The molecule has 0 saturated carbocycles. The standard InChI is InChI=1S/C12H20N2O3/c1-16-8-5-13-10-11-4-3-6-14(12(11)15)7-9-17-2/h3-4,6,13H,5,7-10H2,1-2H3. The second-order valence-electron chi connectivity index (χ2n) is 3.69. The highest BCUT2D eigenvalue weighted by Gasteiger charge is 2.02. The van der Waals surface area contributed by atoms with E-state index < -0.39 is 0 Å². The summed E-state index contributed by atoms with van der Waals surface area (Å²) in [6, 6.07) is 3.72. The van der Waals surface area contributed by atoms with Gasteiger partial charge in [0.25, 0.3) is 5.56 Å². The van der Waals surface area contributed by atoms with Crippen LogP contribution >= 0.6 is 0 Å². The maximum absolute atomic E-state index is 12.0. The number of nitrogens with one attached hydrogen (secondary N) is 1. The molecular formula is C12H20N2O3. The van der Waals surface area contributed by atoms with Crippen molar-refractivity contribution in [3.8, 4) is 0 Å². The fourth-order valence-corrected chi connectivity index (χ4v) is 1.48. The van der Waals surface area contributed by atoms with E-state index >= 15 is 0 Å². The summed E-state index contributed by atoms with van der Waals surface area (Å²) in [7, 11) is 3.28. The Morgan fingerprint density at radius 2 is 2.06 bits per heavy atom. The van der Waals surface area contributed by atoms with Gasteiger partial charge in [0.05, 0.1) is 13.2 Å². The number of pyridine rings is 1. The Hall–Kier alpha value is -1.17. The number of hydrogen-bond donors (Lipinski definition) is 1. The predicted octanol–water partition coefficient (Wildman–Crippen LogP) is 0.231. The monoisotopic (exact) mass is 240 g/mol. The van der Waals surface area contributed by atoms with Crippen LogP contribution in [-0.4, -0.2) is 38.5 Å². The molecule has 96 valence electrons. The average molecular weight is 240 g/mol. The van der Waals surface area contributed by atoms with Gasteiger partial charge in [-0.15, -0.1) is 0 Å². The first-order valence-corrected chi connectivity index (χ1v) is 5.66. The molecule has 0 bridgehead atoms. The third kappa shape index (κ3) is 4.68. The maximum Gasteiger partial charge on any atom is 0.255 e. The lowest BCUT2D eigenvalue weighted by Gasteiger charge is -2.08. The molecule has 0 saturated heterocycles. The zero-order valence-corrected chi connectivity index (χ0v) is 10.4. The van der Waals surface area contributed by atoms with Crippen LogP contribution in [0, 0.1) is 0 Å². The third-order valence-corrected chi connectivity index (χ3v) is 2.43. The molecule has 17 heavy (non-hydrogen) atoms. The molecule has 0 radical (unpaired) electrons. The second-order valence-corrected chi connectivity index (χ2v) is 3.69. The molecule has 0 atom stereocenters. The molecule has 5 heteroatoms. The number of rotatable bonds is 8. The van der Waals surface area contributed by atoms with Gasteiger partial charge >= 0.3 is 0 Å². The van der Waals surface area contributed by atoms with Crippen molar-refractivity contribution in [2.75, 3.05) is 34.0 Å². The zero-order chi connectivity index (χ0) is 12.5. The molecule has 0 spiro atoms. The second kappa shape index (κ2) is 8.00. The Morgan fingerprint density at radius 1 is 1.29 bits per heavy atom. The molecule has 0 unspecified atom stereocenters. The summed E-state index contributed by atoms with van der Waals surface area (Å²) in [6.45, 7) is 3.07. The highest BCUT2D eigenvalue weighted by atomic mass is 16.5. The molecule has 1 N–H and O–H groups in total. The van der Waals surface area contributed by atoms with Crippen molar-refractivity contribution < 1.29 is 9.47 Å². The van der Waals surface area contributed by atoms with Gasteiger partial charge in [0.1, 0.15) is 0 Å². The molecule has 0 amide bonds. The summed E-state index contributed by atoms with van der Waals surface area (Å²) in [6.07, 6.45) is 1.78. The van der Waals surface area contributed by atoms with Gasteiger partial charge in [0.15, 0.2) is 0 Å². The van der Waals surface area contributed by atoms with E-state index in [-0.39, 0.29) is 5.56 Å². The first-order chi connectivity index (χ1) is 8.29. The highest BCUT2D eigenvalue weighted by molar-refractivity contribution is 5.10. The summed E-state index contributed by atoms with van der Waals surface area (Å²) in [5, 5.41) is 3.16. The van der Waals surface area contributed by atoms with Crippen molar-refractivity contribution >= 4 is 0 Å². The van der Waals surface area contributed by atoms with Crippen LogP contribution in [0.25, 0.3) is 0 Å². The lowest BCUT2D eigenvalue weighted by molar-refractivity contribution is 0.186. The fourth-order valence-electron chi connectivity index (χ4n) is 1.48. The van der Waals surface area contributed by atoms with Crippen molar-refractivity contribution in [1.29, 1.82) is 0 Å². The van der Waals surface area contributed by atoms with Crippen LogP contribution in [0.1, 0.15) is 5.56 Å². The van der Waals surface area contributed by atoms with Gasteiger partial charge in [-0.25, -0.2) is 0 Å². The molecule has 1 heterocycles. The van der Waals surface area contributed by atoms with Gasteiger partial charge < -0.3 is 19.4 Å². The van der Waals surface area contributed by atoms with Crippen LogP contribution in [0.5, 0.6) is 0 Å². The zero-order valence-electron chi connectivity index (χ0n) is 10.4. The summed E-state index contributed by atoms with van der Waals surface area (Å²) in [4.78, 5) is 12.0. The molecule has 1 rings (SSSR count). The number of hydrogen-bond acceptors (Lipinski definition) is 4. The van der Waals surface area contributed by atoms with Crippen LogP contribution < -0.4 is 10.9 Å². The van der Waals surface area contributed by atoms with Crippen LogP contribution in [0.15, 0.2) is 23.1 Å². The normalized spacial score (nSPS) is 10.7. The van der Waals surface area contributed by atoms with Gasteiger partial charge in [0, 0.05) is 45.6 Å². The minimum Gasteiger partial charge on any atom is -0.383 e. The van der Waals surface area contributed by atoms with Crippen molar-refractivity contribution in [3.05, 3.63) is 34.2 Å². The van der Waals surface area contributed by atoms with Crippen molar-refractivity contribution in [3.63, 3.8) is 0 Å². The predicted molar refractivity (Wildman–Crippen MR) is 66.2 cm³/mol. The van der Waals surface area contributed by atoms with E-state index in [0.717, 1.165) is 12.1 Å². The molecule has 1 aromatic rings. The van der Waals surface area contributed by atoms with Gasteiger partial charge in [0.2, 0.25) is 0 Å². The van der Waals surface area contributed by atoms with Crippen LogP contribution in [0.2, 0.25) is 0 Å².